The zero-order valence-electron chi connectivity index (χ0n) is 13.3. The summed E-state index contributed by atoms with van der Waals surface area (Å²) in [4.78, 5) is 12.0. The van der Waals surface area contributed by atoms with E-state index in [9.17, 15) is 13.6 Å². The molecule has 0 radical (unpaired) electrons. The third kappa shape index (κ3) is 3.90. The number of ether oxygens (including phenoxy) is 1. The molecule has 5 nitrogen and oxygen atoms in total. The molecular formula is C17H19F2N3O2. The van der Waals surface area contributed by atoms with Crippen LogP contribution < -0.4 is 10.1 Å². The summed E-state index contributed by atoms with van der Waals surface area (Å²) in [5, 5.41) is 6.95. The van der Waals surface area contributed by atoms with Crippen molar-refractivity contribution in [1.82, 2.24) is 9.78 Å². The van der Waals surface area contributed by atoms with Crippen LogP contribution in [0.2, 0.25) is 0 Å². The lowest BCUT2D eigenvalue weighted by atomic mass is 9.79. The van der Waals surface area contributed by atoms with Gasteiger partial charge in [0.25, 0.3) is 0 Å². The van der Waals surface area contributed by atoms with E-state index in [1.165, 1.54) is 0 Å². The second-order valence-corrected chi connectivity index (χ2v) is 6.10. The van der Waals surface area contributed by atoms with E-state index in [1.54, 1.807) is 24.1 Å². The molecule has 1 aliphatic rings. The van der Waals surface area contributed by atoms with Gasteiger partial charge in [0.15, 0.2) is 0 Å². The van der Waals surface area contributed by atoms with Gasteiger partial charge in [0.2, 0.25) is 11.8 Å². The number of aromatic nitrogens is 2. The summed E-state index contributed by atoms with van der Waals surface area (Å²) in [6, 6.07) is 9.24. The summed E-state index contributed by atoms with van der Waals surface area (Å²) in [6.45, 7) is 0.494. The van der Waals surface area contributed by atoms with Crippen molar-refractivity contribution >= 4 is 11.7 Å². The number of benzene rings is 1. The number of hydrogen-bond acceptors (Lipinski definition) is 3. The van der Waals surface area contributed by atoms with Crippen LogP contribution in [0, 0.1) is 5.92 Å². The maximum atomic E-state index is 12.8. The highest BCUT2D eigenvalue weighted by molar-refractivity contribution is 5.90. The van der Waals surface area contributed by atoms with Crippen molar-refractivity contribution in [3.63, 3.8) is 0 Å². The highest BCUT2D eigenvalue weighted by Crippen LogP contribution is 2.44. The van der Waals surface area contributed by atoms with Crippen molar-refractivity contribution in [2.75, 3.05) is 12.4 Å². The molecule has 1 aliphatic carbocycles. The minimum atomic E-state index is -2.60. The molecule has 7 heteroatoms. The number of carbonyl (C=O) groups is 1. The van der Waals surface area contributed by atoms with Gasteiger partial charge < -0.3 is 10.1 Å². The summed E-state index contributed by atoms with van der Waals surface area (Å²) >= 11 is 0. The van der Waals surface area contributed by atoms with Crippen LogP contribution in [0.3, 0.4) is 0 Å². The molecule has 0 spiro atoms. The Morgan fingerprint density at radius 1 is 1.33 bits per heavy atom. The maximum absolute atomic E-state index is 12.8. The molecule has 0 saturated heterocycles. The van der Waals surface area contributed by atoms with Crippen LogP contribution in [0.25, 0.3) is 0 Å². The normalized spacial score (nSPS) is 16.5. The van der Waals surface area contributed by atoms with Gasteiger partial charge in [0.05, 0.1) is 19.9 Å². The average molecular weight is 335 g/mol. The quantitative estimate of drug-likeness (QED) is 0.881. The topological polar surface area (TPSA) is 56.1 Å². The van der Waals surface area contributed by atoms with Crippen LogP contribution in [-0.2, 0) is 11.3 Å². The first-order valence-electron chi connectivity index (χ1n) is 7.77. The molecule has 0 bridgehead atoms. The molecule has 3 rings (SSSR count). The van der Waals surface area contributed by atoms with Crippen molar-refractivity contribution in [2.45, 2.75) is 31.7 Å². The summed E-state index contributed by atoms with van der Waals surface area (Å²) in [7, 11) is 1.61. The van der Waals surface area contributed by atoms with E-state index in [-0.39, 0.29) is 31.1 Å². The first-order chi connectivity index (χ1) is 11.4. The van der Waals surface area contributed by atoms with Crippen LogP contribution in [0.1, 0.15) is 24.8 Å². The summed E-state index contributed by atoms with van der Waals surface area (Å²) in [5.41, 5.74) is 1.01. The molecule has 1 heterocycles. The lowest BCUT2D eigenvalue weighted by Gasteiger charge is -2.34. The van der Waals surface area contributed by atoms with Gasteiger partial charge in [-0.25, -0.2) is 13.5 Å². The van der Waals surface area contributed by atoms with E-state index in [0.717, 1.165) is 11.3 Å². The third-order valence-corrected chi connectivity index (χ3v) is 4.12. The van der Waals surface area contributed by atoms with Crippen LogP contribution >= 0.6 is 0 Å². The predicted molar refractivity (Wildman–Crippen MR) is 85.2 cm³/mol. The lowest BCUT2D eigenvalue weighted by Crippen LogP contribution is -2.37. The number of amides is 1. The second-order valence-electron chi connectivity index (χ2n) is 6.10. The van der Waals surface area contributed by atoms with E-state index in [1.807, 2.05) is 24.3 Å². The van der Waals surface area contributed by atoms with Crippen LogP contribution in [-0.4, -0.2) is 28.7 Å². The zero-order chi connectivity index (χ0) is 17.2. The van der Waals surface area contributed by atoms with Gasteiger partial charge in [0, 0.05) is 25.3 Å². The molecular weight excluding hydrogens is 316 g/mol. The van der Waals surface area contributed by atoms with Gasteiger partial charge >= 0.3 is 0 Å². The van der Waals surface area contributed by atoms with Crippen molar-refractivity contribution in [2.24, 2.45) is 5.92 Å². The first-order valence-corrected chi connectivity index (χ1v) is 7.77. The third-order valence-electron chi connectivity index (χ3n) is 4.12. The zero-order valence-corrected chi connectivity index (χ0v) is 13.3. The van der Waals surface area contributed by atoms with E-state index in [2.05, 4.69) is 10.4 Å². The molecule has 1 amide bonds. The fourth-order valence-corrected chi connectivity index (χ4v) is 2.85. The molecule has 128 valence electrons. The molecule has 1 aromatic heterocycles. The van der Waals surface area contributed by atoms with Crippen LogP contribution in [0.15, 0.2) is 36.5 Å². The number of hydrogen-bond donors (Lipinski definition) is 1. The Morgan fingerprint density at radius 3 is 2.67 bits per heavy atom. The number of nitrogens with zero attached hydrogens (tertiary/aromatic N) is 2. The van der Waals surface area contributed by atoms with Crippen molar-refractivity contribution in [1.29, 1.82) is 0 Å². The fourth-order valence-electron chi connectivity index (χ4n) is 2.85. The Labute approximate surface area is 138 Å². The van der Waals surface area contributed by atoms with Gasteiger partial charge in [-0.2, -0.15) is 5.10 Å². The monoisotopic (exact) mass is 335 g/mol. The minimum absolute atomic E-state index is 0.114. The van der Waals surface area contributed by atoms with E-state index in [0.29, 0.717) is 12.4 Å². The Hall–Kier alpha value is -2.44. The highest BCUT2D eigenvalue weighted by Gasteiger charge is 2.45. The number of halogens is 2. The molecule has 1 aromatic carbocycles. The first kappa shape index (κ1) is 16.4. The molecule has 0 unspecified atom stereocenters. The highest BCUT2D eigenvalue weighted by atomic mass is 19.3. The van der Waals surface area contributed by atoms with Gasteiger partial charge in [-0.1, -0.05) is 12.1 Å². The standard InChI is InChI=1S/C17H19F2N3O2/c1-24-14-4-2-12(3-5-14)11-22-15(6-7-20-22)21-16(23)8-13-9-17(18,19)10-13/h2-7,13H,8-11H2,1H3,(H,21,23). The minimum Gasteiger partial charge on any atom is -0.497 e. The van der Waals surface area contributed by atoms with Gasteiger partial charge in [-0.05, 0) is 23.6 Å². The number of alkyl halides is 2. The van der Waals surface area contributed by atoms with Gasteiger partial charge in [-0.3, -0.25) is 4.79 Å². The molecule has 1 fully saturated rings. The smallest absolute Gasteiger partial charge is 0.248 e. The molecule has 0 atom stereocenters. The molecule has 0 aliphatic heterocycles. The number of anilines is 1. The number of rotatable bonds is 6. The Morgan fingerprint density at radius 2 is 2.04 bits per heavy atom. The number of methoxy groups -OCH3 is 1. The number of nitrogens with one attached hydrogen (secondary N) is 1. The second kappa shape index (κ2) is 6.59. The SMILES string of the molecule is COc1ccc(Cn2nccc2NC(=O)CC2CC(F)(F)C2)cc1. The predicted octanol–water partition coefficient (Wildman–Crippen LogP) is 3.31. The Balaban J connectivity index is 1.57. The fraction of sp³-hybridized carbons (Fsp3) is 0.412. The average Bonchev–Trinajstić information content (AvgIpc) is 2.93. The molecule has 1 saturated carbocycles. The Bertz CT molecular complexity index is 705. The van der Waals surface area contributed by atoms with E-state index < -0.39 is 5.92 Å². The summed E-state index contributed by atoms with van der Waals surface area (Å²) < 4.78 is 32.4. The molecule has 1 N–H and O–H groups in total. The van der Waals surface area contributed by atoms with Gasteiger partial charge in [0.1, 0.15) is 11.6 Å². The van der Waals surface area contributed by atoms with Crippen LogP contribution in [0.4, 0.5) is 14.6 Å². The largest absolute Gasteiger partial charge is 0.497 e. The lowest BCUT2D eigenvalue weighted by molar-refractivity contribution is -0.129. The van der Waals surface area contributed by atoms with E-state index >= 15 is 0 Å². The van der Waals surface area contributed by atoms with Gasteiger partial charge in [-0.15, -0.1) is 0 Å². The van der Waals surface area contributed by atoms with Crippen molar-refractivity contribution < 1.29 is 18.3 Å². The maximum Gasteiger partial charge on any atom is 0.248 e. The van der Waals surface area contributed by atoms with E-state index in [4.69, 9.17) is 4.74 Å². The summed E-state index contributed by atoms with van der Waals surface area (Å²) in [5.74, 6) is -1.77. The Kier molecular flexibility index (Phi) is 4.51. The van der Waals surface area contributed by atoms with Crippen molar-refractivity contribution in [3.8, 4) is 5.75 Å². The van der Waals surface area contributed by atoms with Crippen LogP contribution in [0.5, 0.6) is 5.75 Å². The summed E-state index contributed by atoms with van der Waals surface area (Å²) in [6.07, 6.45) is 1.30. The number of carbonyl (C=O) groups excluding carboxylic acids is 1. The molecule has 24 heavy (non-hydrogen) atoms. The molecule has 2 aromatic rings. The van der Waals surface area contributed by atoms with Crippen molar-refractivity contribution in [3.05, 3.63) is 42.1 Å².